The average molecular weight is 169 g/mol. The third-order valence-corrected chi connectivity index (χ3v) is 2.65. The Morgan fingerprint density at radius 2 is 1.83 bits per heavy atom. The standard InChI is InChI=1S/C9H19N3/c1-8(2)6(5-10)7(11)9(3,4)12-8/h5,7,12H,10-11H2,1-4H3. The molecule has 0 bridgehead atoms. The van der Waals surface area contributed by atoms with Crippen LogP contribution in [0.2, 0.25) is 0 Å². The average Bonchev–Trinajstić information content (AvgIpc) is 1.98. The number of hydrogen-bond donors (Lipinski definition) is 3. The second-order valence-corrected chi connectivity index (χ2v) is 4.57. The molecule has 1 aliphatic heterocycles. The quantitative estimate of drug-likeness (QED) is 0.489. The summed E-state index contributed by atoms with van der Waals surface area (Å²) in [4.78, 5) is 0. The summed E-state index contributed by atoms with van der Waals surface area (Å²) in [6.45, 7) is 8.38. The Kier molecular flexibility index (Phi) is 1.97. The zero-order chi connectivity index (χ0) is 9.57. The van der Waals surface area contributed by atoms with E-state index in [1.54, 1.807) is 6.20 Å². The molecule has 70 valence electrons. The van der Waals surface area contributed by atoms with Gasteiger partial charge in [0.15, 0.2) is 0 Å². The van der Waals surface area contributed by atoms with Crippen LogP contribution in [0.3, 0.4) is 0 Å². The Hall–Kier alpha value is -0.540. The summed E-state index contributed by atoms with van der Waals surface area (Å²) in [6, 6.07) is 0.0116. The lowest BCUT2D eigenvalue weighted by atomic mass is 9.90. The third-order valence-electron chi connectivity index (χ3n) is 2.65. The molecule has 3 nitrogen and oxygen atoms in total. The predicted molar refractivity (Wildman–Crippen MR) is 51.5 cm³/mol. The van der Waals surface area contributed by atoms with Gasteiger partial charge < -0.3 is 16.8 Å². The Bertz CT molecular complexity index is 216. The van der Waals surface area contributed by atoms with Crippen molar-refractivity contribution >= 4 is 0 Å². The van der Waals surface area contributed by atoms with Crippen LogP contribution in [0.4, 0.5) is 0 Å². The maximum Gasteiger partial charge on any atom is 0.0469 e. The predicted octanol–water partition coefficient (Wildman–Crippen LogP) is 0.317. The fourth-order valence-corrected chi connectivity index (χ4v) is 2.04. The Morgan fingerprint density at radius 1 is 1.33 bits per heavy atom. The van der Waals surface area contributed by atoms with E-state index in [1.165, 1.54) is 0 Å². The summed E-state index contributed by atoms with van der Waals surface area (Å²) in [5, 5.41) is 3.45. The molecular formula is C9H19N3. The molecule has 0 aromatic carbocycles. The number of rotatable bonds is 0. The number of nitrogens with two attached hydrogens (primary N) is 2. The molecule has 1 atom stereocenters. The Morgan fingerprint density at radius 3 is 2.00 bits per heavy atom. The molecule has 0 saturated carbocycles. The van der Waals surface area contributed by atoms with Gasteiger partial charge in [0.2, 0.25) is 0 Å². The summed E-state index contributed by atoms with van der Waals surface area (Å²) in [7, 11) is 0. The molecule has 1 unspecified atom stereocenters. The first-order valence-corrected chi connectivity index (χ1v) is 4.28. The van der Waals surface area contributed by atoms with Gasteiger partial charge in [0.05, 0.1) is 0 Å². The summed E-state index contributed by atoms with van der Waals surface area (Å²) in [5.74, 6) is 0. The van der Waals surface area contributed by atoms with Crippen molar-refractivity contribution in [2.45, 2.75) is 44.8 Å². The lowest BCUT2D eigenvalue weighted by Crippen LogP contribution is -2.48. The fourth-order valence-electron chi connectivity index (χ4n) is 2.04. The first-order valence-electron chi connectivity index (χ1n) is 4.28. The van der Waals surface area contributed by atoms with Crippen molar-refractivity contribution in [3.63, 3.8) is 0 Å². The highest BCUT2D eigenvalue weighted by Gasteiger charge is 2.45. The summed E-state index contributed by atoms with van der Waals surface area (Å²) in [6.07, 6.45) is 1.63. The van der Waals surface area contributed by atoms with E-state index in [-0.39, 0.29) is 17.1 Å². The van der Waals surface area contributed by atoms with Crippen LogP contribution in [-0.4, -0.2) is 17.1 Å². The molecule has 0 radical (unpaired) electrons. The van der Waals surface area contributed by atoms with E-state index in [0.717, 1.165) is 5.57 Å². The van der Waals surface area contributed by atoms with Crippen LogP contribution in [0, 0.1) is 0 Å². The lowest BCUT2D eigenvalue weighted by molar-refractivity contribution is 0.360. The number of hydrogen-bond acceptors (Lipinski definition) is 3. The second-order valence-electron chi connectivity index (χ2n) is 4.57. The van der Waals surface area contributed by atoms with Crippen LogP contribution in [0.1, 0.15) is 27.7 Å². The highest BCUT2D eigenvalue weighted by atomic mass is 15.1. The highest BCUT2D eigenvalue weighted by Crippen LogP contribution is 2.33. The van der Waals surface area contributed by atoms with Crippen molar-refractivity contribution in [1.82, 2.24) is 5.32 Å². The fraction of sp³-hybridized carbons (Fsp3) is 0.778. The second kappa shape index (κ2) is 2.47. The molecule has 0 aromatic heterocycles. The molecule has 1 fully saturated rings. The third kappa shape index (κ3) is 1.23. The lowest BCUT2D eigenvalue weighted by Gasteiger charge is -2.25. The molecule has 1 rings (SSSR count). The summed E-state index contributed by atoms with van der Waals surface area (Å²) in [5.41, 5.74) is 12.5. The molecule has 12 heavy (non-hydrogen) atoms. The van der Waals surface area contributed by atoms with Gasteiger partial charge in [-0.1, -0.05) is 0 Å². The first kappa shape index (κ1) is 9.55. The molecule has 0 aliphatic carbocycles. The number of nitrogens with one attached hydrogen (secondary N) is 1. The van der Waals surface area contributed by atoms with E-state index in [9.17, 15) is 0 Å². The van der Waals surface area contributed by atoms with E-state index in [1.807, 2.05) is 0 Å². The van der Waals surface area contributed by atoms with E-state index < -0.39 is 0 Å². The highest BCUT2D eigenvalue weighted by molar-refractivity contribution is 5.33. The van der Waals surface area contributed by atoms with Crippen molar-refractivity contribution in [1.29, 1.82) is 0 Å². The van der Waals surface area contributed by atoms with Crippen LogP contribution in [0.5, 0.6) is 0 Å². The zero-order valence-electron chi connectivity index (χ0n) is 8.31. The minimum atomic E-state index is -0.0718. The summed E-state index contributed by atoms with van der Waals surface area (Å²) >= 11 is 0. The molecular weight excluding hydrogens is 150 g/mol. The van der Waals surface area contributed by atoms with Crippen LogP contribution >= 0.6 is 0 Å². The zero-order valence-corrected chi connectivity index (χ0v) is 8.31. The van der Waals surface area contributed by atoms with Crippen LogP contribution in [0.25, 0.3) is 0 Å². The minimum absolute atomic E-state index is 0.0116. The molecule has 0 aromatic rings. The molecule has 5 N–H and O–H groups in total. The van der Waals surface area contributed by atoms with E-state index >= 15 is 0 Å². The van der Waals surface area contributed by atoms with Crippen LogP contribution in [0.15, 0.2) is 11.8 Å². The Labute approximate surface area is 74.2 Å². The molecule has 1 aliphatic rings. The van der Waals surface area contributed by atoms with Crippen molar-refractivity contribution in [3.8, 4) is 0 Å². The van der Waals surface area contributed by atoms with Gasteiger partial charge in [-0.05, 0) is 39.5 Å². The maximum absolute atomic E-state index is 6.03. The minimum Gasteiger partial charge on any atom is -0.405 e. The Balaban J connectivity index is 3.05. The van der Waals surface area contributed by atoms with E-state index in [2.05, 4.69) is 33.0 Å². The smallest absolute Gasteiger partial charge is 0.0469 e. The summed E-state index contributed by atoms with van der Waals surface area (Å²) < 4.78 is 0. The van der Waals surface area contributed by atoms with Crippen molar-refractivity contribution in [3.05, 3.63) is 11.8 Å². The van der Waals surface area contributed by atoms with E-state index in [0.29, 0.717) is 0 Å². The SMILES string of the molecule is CC1(C)NC(C)(C)C(N)C1=CN. The molecule has 0 spiro atoms. The van der Waals surface area contributed by atoms with Gasteiger partial charge in [-0.15, -0.1) is 0 Å². The molecule has 3 heteroatoms. The molecule has 0 amide bonds. The van der Waals surface area contributed by atoms with E-state index in [4.69, 9.17) is 11.5 Å². The van der Waals surface area contributed by atoms with Crippen LogP contribution < -0.4 is 16.8 Å². The van der Waals surface area contributed by atoms with Gasteiger partial charge in [0.1, 0.15) is 0 Å². The monoisotopic (exact) mass is 169 g/mol. The molecule has 1 saturated heterocycles. The largest absolute Gasteiger partial charge is 0.405 e. The normalized spacial score (nSPS) is 35.8. The van der Waals surface area contributed by atoms with Gasteiger partial charge in [0.25, 0.3) is 0 Å². The van der Waals surface area contributed by atoms with Crippen molar-refractivity contribution in [2.75, 3.05) is 0 Å². The van der Waals surface area contributed by atoms with Gasteiger partial charge in [-0.25, -0.2) is 0 Å². The van der Waals surface area contributed by atoms with Crippen molar-refractivity contribution < 1.29 is 0 Å². The van der Waals surface area contributed by atoms with Gasteiger partial charge in [-0.3, -0.25) is 0 Å². The van der Waals surface area contributed by atoms with Crippen LogP contribution in [-0.2, 0) is 0 Å². The first-order chi connectivity index (χ1) is 5.31. The van der Waals surface area contributed by atoms with Gasteiger partial charge >= 0.3 is 0 Å². The maximum atomic E-state index is 6.03. The van der Waals surface area contributed by atoms with Gasteiger partial charge in [-0.2, -0.15) is 0 Å². The van der Waals surface area contributed by atoms with Crippen molar-refractivity contribution in [2.24, 2.45) is 11.5 Å². The topological polar surface area (TPSA) is 64.1 Å². The molecule has 1 heterocycles. The van der Waals surface area contributed by atoms with Gasteiger partial charge in [0, 0.05) is 17.1 Å².